The normalized spacial score (nSPS) is 10.3. The molecule has 0 fully saturated rings. The van der Waals surface area contributed by atoms with Crippen molar-refractivity contribution in [2.24, 2.45) is 0 Å². The average Bonchev–Trinajstić information content (AvgIpc) is 2.34. The molecular weight excluding hydrogens is 349 g/mol. The molecule has 0 aliphatic carbocycles. The lowest BCUT2D eigenvalue weighted by atomic mass is 10.2. The van der Waals surface area contributed by atoms with Gasteiger partial charge in [-0.05, 0) is 35.9 Å². The van der Waals surface area contributed by atoms with Gasteiger partial charge in [-0.15, -0.1) is 0 Å². The van der Waals surface area contributed by atoms with Crippen molar-refractivity contribution in [2.75, 3.05) is 12.4 Å². The van der Waals surface area contributed by atoms with Crippen LogP contribution < -0.4 is 10.1 Å². The van der Waals surface area contributed by atoms with E-state index in [4.69, 9.17) is 27.9 Å². The minimum atomic E-state index is 0.635. The molecule has 0 aliphatic heterocycles. The number of hydrogen-bond acceptors (Lipinski definition) is 2. The van der Waals surface area contributed by atoms with Gasteiger partial charge >= 0.3 is 0 Å². The van der Waals surface area contributed by atoms with Crippen molar-refractivity contribution in [1.29, 1.82) is 0 Å². The maximum atomic E-state index is 5.97. The van der Waals surface area contributed by atoms with E-state index in [0.29, 0.717) is 16.6 Å². The molecule has 0 aromatic heterocycles. The van der Waals surface area contributed by atoms with Crippen molar-refractivity contribution in [3.63, 3.8) is 0 Å². The molecule has 19 heavy (non-hydrogen) atoms. The molecule has 0 aliphatic rings. The molecule has 2 aromatic rings. The van der Waals surface area contributed by atoms with Gasteiger partial charge in [-0.3, -0.25) is 0 Å². The molecule has 0 bridgehead atoms. The SMILES string of the molecule is COc1cc(Br)cc(NCc2cc(Cl)cc(Cl)c2)c1. The Morgan fingerprint density at radius 1 is 1.05 bits per heavy atom. The number of hydrogen-bond donors (Lipinski definition) is 1. The number of halogens is 3. The summed E-state index contributed by atoms with van der Waals surface area (Å²) in [6, 6.07) is 11.3. The number of ether oxygens (including phenoxy) is 1. The smallest absolute Gasteiger partial charge is 0.122 e. The highest BCUT2D eigenvalue weighted by Gasteiger charge is 2.01. The fourth-order valence-electron chi connectivity index (χ4n) is 1.70. The third kappa shape index (κ3) is 4.30. The van der Waals surface area contributed by atoms with Crippen LogP contribution in [0.3, 0.4) is 0 Å². The van der Waals surface area contributed by atoms with Crippen molar-refractivity contribution < 1.29 is 4.74 Å². The Bertz CT molecular complexity index is 569. The Hall–Kier alpha value is -0.900. The largest absolute Gasteiger partial charge is 0.497 e. The lowest BCUT2D eigenvalue weighted by molar-refractivity contribution is 0.414. The number of methoxy groups -OCH3 is 1. The first-order chi connectivity index (χ1) is 9.06. The first kappa shape index (κ1) is 14.5. The zero-order valence-electron chi connectivity index (χ0n) is 10.2. The van der Waals surface area contributed by atoms with Crippen LogP contribution in [0.2, 0.25) is 10.0 Å². The third-order valence-electron chi connectivity index (χ3n) is 2.53. The molecule has 2 nitrogen and oxygen atoms in total. The molecule has 2 aromatic carbocycles. The summed E-state index contributed by atoms with van der Waals surface area (Å²) < 4.78 is 6.17. The van der Waals surface area contributed by atoms with Gasteiger partial charge in [0.1, 0.15) is 5.75 Å². The van der Waals surface area contributed by atoms with E-state index in [1.54, 1.807) is 13.2 Å². The van der Waals surface area contributed by atoms with Crippen LogP contribution in [0.4, 0.5) is 5.69 Å². The number of benzene rings is 2. The van der Waals surface area contributed by atoms with Crippen LogP contribution in [0.5, 0.6) is 5.75 Å². The maximum absolute atomic E-state index is 5.97. The first-order valence-electron chi connectivity index (χ1n) is 5.60. The van der Waals surface area contributed by atoms with Crippen molar-refractivity contribution in [3.05, 3.63) is 56.5 Å². The van der Waals surface area contributed by atoms with E-state index in [2.05, 4.69) is 21.2 Å². The number of nitrogens with one attached hydrogen (secondary N) is 1. The first-order valence-corrected chi connectivity index (χ1v) is 7.15. The molecule has 0 atom stereocenters. The predicted molar refractivity (Wildman–Crippen MR) is 84.5 cm³/mol. The van der Waals surface area contributed by atoms with Gasteiger partial charge in [-0.25, -0.2) is 0 Å². The summed E-state index contributed by atoms with van der Waals surface area (Å²) >= 11 is 15.4. The molecule has 0 radical (unpaired) electrons. The van der Waals surface area contributed by atoms with Crippen molar-refractivity contribution >= 4 is 44.8 Å². The zero-order valence-corrected chi connectivity index (χ0v) is 13.3. The maximum Gasteiger partial charge on any atom is 0.122 e. The molecule has 1 N–H and O–H groups in total. The molecule has 0 amide bonds. The van der Waals surface area contributed by atoms with Crippen LogP contribution in [0.15, 0.2) is 40.9 Å². The van der Waals surface area contributed by atoms with Gasteiger partial charge < -0.3 is 10.1 Å². The van der Waals surface area contributed by atoms with Crippen molar-refractivity contribution in [2.45, 2.75) is 6.54 Å². The molecule has 100 valence electrons. The van der Waals surface area contributed by atoms with Gasteiger partial charge in [0.25, 0.3) is 0 Å². The average molecular weight is 361 g/mol. The van der Waals surface area contributed by atoms with E-state index in [1.807, 2.05) is 30.3 Å². The van der Waals surface area contributed by atoms with Crippen LogP contribution >= 0.6 is 39.1 Å². The highest BCUT2D eigenvalue weighted by Crippen LogP contribution is 2.25. The zero-order chi connectivity index (χ0) is 13.8. The monoisotopic (exact) mass is 359 g/mol. The standard InChI is InChI=1S/C14H12BrCl2NO/c1-19-14-5-10(15)4-13(7-14)18-8-9-2-11(16)6-12(17)3-9/h2-7,18H,8H2,1H3. The van der Waals surface area contributed by atoms with Crippen LogP contribution in [0.1, 0.15) is 5.56 Å². The van der Waals surface area contributed by atoms with Crippen LogP contribution in [-0.4, -0.2) is 7.11 Å². The van der Waals surface area contributed by atoms with Gasteiger partial charge in [-0.1, -0.05) is 39.1 Å². The van der Waals surface area contributed by atoms with E-state index in [-0.39, 0.29) is 0 Å². The summed E-state index contributed by atoms with van der Waals surface area (Å²) in [7, 11) is 1.64. The Morgan fingerprint density at radius 2 is 1.74 bits per heavy atom. The lowest BCUT2D eigenvalue weighted by Crippen LogP contribution is -2.00. The van der Waals surface area contributed by atoms with Gasteiger partial charge in [-0.2, -0.15) is 0 Å². The second-order valence-corrected chi connectivity index (χ2v) is 5.80. The van der Waals surface area contributed by atoms with Gasteiger partial charge in [0.2, 0.25) is 0 Å². The van der Waals surface area contributed by atoms with Crippen LogP contribution in [0.25, 0.3) is 0 Å². The molecular formula is C14H12BrCl2NO. The Labute approximate surface area is 130 Å². The van der Waals surface area contributed by atoms with E-state index in [9.17, 15) is 0 Å². The minimum absolute atomic E-state index is 0.635. The summed E-state index contributed by atoms with van der Waals surface area (Å²) in [5, 5.41) is 4.57. The van der Waals surface area contributed by atoms with Gasteiger partial charge in [0.15, 0.2) is 0 Å². The second kappa shape index (κ2) is 6.51. The van der Waals surface area contributed by atoms with Crippen LogP contribution in [-0.2, 0) is 6.54 Å². The molecule has 0 saturated heterocycles. The predicted octanol–water partition coefficient (Wildman–Crippen LogP) is 5.38. The minimum Gasteiger partial charge on any atom is -0.497 e. The van der Waals surface area contributed by atoms with Crippen molar-refractivity contribution in [3.8, 4) is 5.75 Å². The van der Waals surface area contributed by atoms with E-state index < -0.39 is 0 Å². The topological polar surface area (TPSA) is 21.3 Å². The molecule has 0 spiro atoms. The van der Waals surface area contributed by atoms with E-state index >= 15 is 0 Å². The fraction of sp³-hybridized carbons (Fsp3) is 0.143. The summed E-state index contributed by atoms with van der Waals surface area (Å²) in [5.41, 5.74) is 1.98. The fourth-order valence-corrected chi connectivity index (χ4v) is 2.74. The van der Waals surface area contributed by atoms with E-state index in [0.717, 1.165) is 21.5 Å². The second-order valence-electron chi connectivity index (χ2n) is 4.01. The Balaban J connectivity index is 2.11. The molecule has 0 heterocycles. The summed E-state index contributed by atoms with van der Waals surface area (Å²) in [6.45, 7) is 0.639. The summed E-state index contributed by atoms with van der Waals surface area (Å²) in [5.74, 6) is 0.793. The molecule has 5 heteroatoms. The highest BCUT2D eigenvalue weighted by molar-refractivity contribution is 9.10. The quantitative estimate of drug-likeness (QED) is 0.790. The lowest BCUT2D eigenvalue weighted by Gasteiger charge is -2.10. The third-order valence-corrected chi connectivity index (χ3v) is 3.42. The highest BCUT2D eigenvalue weighted by atomic mass is 79.9. The molecule has 0 unspecified atom stereocenters. The Kier molecular flexibility index (Phi) is 4.97. The van der Waals surface area contributed by atoms with Gasteiger partial charge in [0.05, 0.1) is 7.11 Å². The summed E-state index contributed by atoms with van der Waals surface area (Å²) in [6.07, 6.45) is 0. The van der Waals surface area contributed by atoms with Crippen LogP contribution in [0, 0.1) is 0 Å². The molecule has 0 saturated carbocycles. The van der Waals surface area contributed by atoms with Gasteiger partial charge in [0, 0.05) is 32.8 Å². The number of anilines is 1. The van der Waals surface area contributed by atoms with Crippen molar-refractivity contribution in [1.82, 2.24) is 0 Å². The molecule has 2 rings (SSSR count). The number of rotatable bonds is 4. The van der Waals surface area contributed by atoms with E-state index in [1.165, 1.54) is 0 Å². The summed E-state index contributed by atoms with van der Waals surface area (Å²) in [4.78, 5) is 0. The Morgan fingerprint density at radius 3 is 2.37 bits per heavy atom.